The van der Waals surface area contributed by atoms with Crippen molar-refractivity contribution in [2.75, 3.05) is 13.2 Å². The van der Waals surface area contributed by atoms with Crippen LogP contribution in [-0.4, -0.2) is 24.2 Å². The van der Waals surface area contributed by atoms with Gasteiger partial charge in [0, 0.05) is 6.42 Å². The molecule has 0 heterocycles. The van der Waals surface area contributed by atoms with Gasteiger partial charge in [-0.3, -0.25) is 4.79 Å². The van der Waals surface area contributed by atoms with E-state index in [2.05, 4.69) is 5.32 Å². The number of aliphatic hydroxyl groups is 1. The minimum Gasteiger partial charge on any atom is -0.494 e. The van der Waals surface area contributed by atoms with E-state index in [1.807, 2.05) is 60.7 Å². The van der Waals surface area contributed by atoms with E-state index in [0.29, 0.717) is 19.4 Å². The molecule has 1 atom stereocenters. The van der Waals surface area contributed by atoms with Gasteiger partial charge in [-0.2, -0.15) is 0 Å². The number of para-hydroxylation sites is 1. The van der Waals surface area contributed by atoms with E-state index in [1.165, 1.54) is 0 Å². The second kappa shape index (κ2) is 8.85. The second-order valence-electron chi connectivity index (χ2n) is 4.98. The summed E-state index contributed by atoms with van der Waals surface area (Å²) in [4.78, 5) is 11.9. The highest BCUT2D eigenvalue weighted by Crippen LogP contribution is 2.12. The lowest BCUT2D eigenvalue weighted by molar-refractivity contribution is -0.122. The van der Waals surface area contributed by atoms with Crippen molar-refractivity contribution >= 4 is 5.91 Å². The lowest BCUT2D eigenvalue weighted by Gasteiger charge is -2.16. The predicted molar refractivity (Wildman–Crippen MR) is 85.6 cm³/mol. The van der Waals surface area contributed by atoms with E-state index < -0.39 is 0 Å². The Balaban J connectivity index is 1.71. The first-order valence-corrected chi connectivity index (χ1v) is 7.42. The van der Waals surface area contributed by atoms with Crippen molar-refractivity contribution in [3.8, 4) is 5.75 Å². The number of nitrogens with one attached hydrogen (secondary N) is 1. The van der Waals surface area contributed by atoms with Crippen LogP contribution in [0.5, 0.6) is 5.75 Å². The van der Waals surface area contributed by atoms with Gasteiger partial charge >= 0.3 is 0 Å². The molecular formula is C18H21NO3. The monoisotopic (exact) mass is 299 g/mol. The molecule has 4 heteroatoms. The number of carbonyl (C=O) groups is 1. The van der Waals surface area contributed by atoms with E-state index in [0.717, 1.165) is 11.3 Å². The summed E-state index contributed by atoms with van der Waals surface area (Å²) >= 11 is 0. The smallest absolute Gasteiger partial charge is 0.220 e. The lowest BCUT2D eigenvalue weighted by Crippen LogP contribution is -2.30. The summed E-state index contributed by atoms with van der Waals surface area (Å²) in [6, 6.07) is 18.6. The summed E-state index contributed by atoms with van der Waals surface area (Å²) in [6.07, 6.45) is 1.00. The van der Waals surface area contributed by atoms with Crippen LogP contribution >= 0.6 is 0 Å². The Labute approximate surface area is 130 Å². The van der Waals surface area contributed by atoms with Crippen LogP contribution in [0.4, 0.5) is 0 Å². The molecule has 0 aromatic heterocycles. The molecule has 0 spiro atoms. The summed E-state index contributed by atoms with van der Waals surface area (Å²) in [5, 5.41) is 12.2. The zero-order valence-electron chi connectivity index (χ0n) is 12.4. The Bertz CT molecular complexity index is 557. The number of aliphatic hydroxyl groups excluding tert-OH is 1. The quantitative estimate of drug-likeness (QED) is 0.737. The van der Waals surface area contributed by atoms with Crippen molar-refractivity contribution in [2.45, 2.75) is 18.9 Å². The third-order valence-electron chi connectivity index (χ3n) is 3.28. The van der Waals surface area contributed by atoms with Crippen molar-refractivity contribution in [1.29, 1.82) is 0 Å². The van der Waals surface area contributed by atoms with Gasteiger partial charge in [0.05, 0.1) is 19.3 Å². The van der Waals surface area contributed by atoms with Crippen molar-refractivity contribution < 1.29 is 14.6 Å². The third kappa shape index (κ3) is 5.22. The first kappa shape index (κ1) is 16.0. The molecule has 0 saturated heterocycles. The maximum Gasteiger partial charge on any atom is 0.220 e. The van der Waals surface area contributed by atoms with Gasteiger partial charge in [-0.1, -0.05) is 48.5 Å². The third-order valence-corrected chi connectivity index (χ3v) is 3.28. The zero-order chi connectivity index (χ0) is 15.6. The Hall–Kier alpha value is -2.33. The average molecular weight is 299 g/mol. The highest BCUT2D eigenvalue weighted by molar-refractivity contribution is 5.76. The molecule has 0 aliphatic heterocycles. The molecule has 0 aliphatic rings. The van der Waals surface area contributed by atoms with Crippen LogP contribution in [0.2, 0.25) is 0 Å². The van der Waals surface area contributed by atoms with Crippen LogP contribution in [0.1, 0.15) is 24.4 Å². The second-order valence-corrected chi connectivity index (χ2v) is 4.98. The van der Waals surface area contributed by atoms with E-state index >= 15 is 0 Å². The minimum atomic E-state index is -0.358. The Morgan fingerprint density at radius 1 is 1.05 bits per heavy atom. The van der Waals surface area contributed by atoms with Gasteiger partial charge in [0.2, 0.25) is 5.91 Å². The van der Waals surface area contributed by atoms with Gasteiger partial charge in [0.1, 0.15) is 5.75 Å². The fourth-order valence-corrected chi connectivity index (χ4v) is 2.13. The highest BCUT2D eigenvalue weighted by atomic mass is 16.5. The fourth-order valence-electron chi connectivity index (χ4n) is 2.13. The van der Waals surface area contributed by atoms with Gasteiger partial charge in [-0.05, 0) is 24.1 Å². The molecule has 0 radical (unpaired) electrons. The number of benzene rings is 2. The molecule has 0 fully saturated rings. The SMILES string of the molecule is O=C(CCCOc1ccccc1)N[C@H](CO)c1ccccc1. The molecule has 2 aromatic carbocycles. The maximum absolute atomic E-state index is 11.9. The summed E-state index contributed by atoms with van der Waals surface area (Å²) in [7, 11) is 0. The first-order valence-electron chi connectivity index (χ1n) is 7.42. The molecule has 4 nitrogen and oxygen atoms in total. The van der Waals surface area contributed by atoms with Crippen molar-refractivity contribution in [3.05, 3.63) is 66.2 Å². The van der Waals surface area contributed by atoms with Crippen LogP contribution in [0.15, 0.2) is 60.7 Å². The van der Waals surface area contributed by atoms with E-state index in [9.17, 15) is 9.90 Å². The first-order chi connectivity index (χ1) is 10.8. The molecule has 1 amide bonds. The van der Waals surface area contributed by atoms with Gasteiger partial charge in [0.25, 0.3) is 0 Å². The number of ether oxygens (including phenoxy) is 1. The molecule has 2 rings (SSSR count). The zero-order valence-corrected chi connectivity index (χ0v) is 12.4. The standard InChI is InChI=1S/C18H21NO3/c20-14-17(15-8-3-1-4-9-15)19-18(21)12-7-13-22-16-10-5-2-6-11-16/h1-6,8-11,17,20H,7,12-14H2,(H,19,21)/t17-/m1/s1. The Morgan fingerprint density at radius 3 is 2.32 bits per heavy atom. The van der Waals surface area contributed by atoms with Crippen molar-refractivity contribution in [3.63, 3.8) is 0 Å². The molecule has 0 bridgehead atoms. The van der Waals surface area contributed by atoms with E-state index in [1.54, 1.807) is 0 Å². The molecule has 22 heavy (non-hydrogen) atoms. The molecule has 0 aliphatic carbocycles. The van der Waals surface area contributed by atoms with Crippen LogP contribution in [0.3, 0.4) is 0 Å². The van der Waals surface area contributed by atoms with E-state index in [4.69, 9.17) is 4.74 Å². The molecule has 0 unspecified atom stereocenters. The molecular weight excluding hydrogens is 278 g/mol. The normalized spacial score (nSPS) is 11.7. The summed E-state index contributed by atoms with van der Waals surface area (Å²) < 4.78 is 5.54. The van der Waals surface area contributed by atoms with Crippen LogP contribution in [0, 0.1) is 0 Å². The molecule has 116 valence electrons. The average Bonchev–Trinajstić information content (AvgIpc) is 2.58. The molecule has 0 saturated carbocycles. The summed E-state index contributed by atoms with van der Waals surface area (Å²) in [5.74, 6) is 0.722. The number of hydrogen-bond acceptors (Lipinski definition) is 3. The number of rotatable bonds is 8. The maximum atomic E-state index is 11.9. The highest BCUT2D eigenvalue weighted by Gasteiger charge is 2.12. The molecule has 2 N–H and O–H groups in total. The number of amides is 1. The summed E-state index contributed by atoms with van der Waals surface area (Å²) in [5.41, 5.74) is 0.902. The largest absolute Gasteiger partial charge is 0.494 e. The van der Waals surface area contributed by atoms with Crippen LogP contribution < -0.4 is 10.1 Å². The van der Waals surface area contributed by atoms with Gasteiger partial charge in [0.15, 0.2) is 0 Å². The number of carbonyl (C=O) groups excluding carboxylic acids is 1. The van der Waals surface area contributed by atoms with Gasteiger partial charge < -0.3 is 15.2 Å². The van der Waals surface area contributed by atoms with Crippen LogP contribution in [0.25, 0.3) is 0 Å². The summed E-state index contributed by atoms with van der Waals surface area (Å²) in [6.45, 7) is 0.378. The van der Waals surface area contributed by atoms with Crippen molar-refractivity contribution in [2.24, 2.45) is 0 Å². The number of hydrogen-bond donors (Lipinski definition) is 2. The van der Waals surface area contributed by atoms with Gasteiger partial charge in [-0.15, -0.1) is 0 Å². The van der Waals surface area contributed by atoms with E-state index in [-0.39, 0.29) is 18.6 Å². The van der Waals surface area contributed by atoms with Crippen molar-refractivity contribution in [1.82, 2.24) is 5.32 Å². The van der Waals surface area contributed by atoms with Gasteiger partial charge in [-0.25, -0.2) is 0 Å². The fraction of sp³-hybridized carbons (Fsp3) is 0.278. The lowest BCUT2D eigenvalue weighted by atomic mass is 10.1. The van der Waals surface area contributed by atoms with Crippen LogP contribution in [-0.2, 0) is 4.79 Å². The molecule has 2 aromatic rings. The predicted octanol–water partition coefficient (Wildman–Crippen LogP) is 2.70. The minimum absolute atomic E-state index is 0.0837. The topological polar surface area (TPSA) is 58.6 Å². The Morgan fingerprint density at radius 2 is 1.68 bits per heavy atom. The Kier molecular flexibility index (Phi) is 6.45.